The van der Waals surface area contributed by atoms with Gasteiger partial charge in [-0.25, -0.2) is 0 Å². The monoisotopic (exact) mass is 637 g/mol. The third kappa shape index (κ3) is 15.9. The van der Waals surface area contributed by atoms with Crippen molar-refractivity contribution in [2.75, 3.05) is 0 Å². The molecule has 1 amide bonds. The number of fused-ring (bicyclic) bond motifs is 1. The molecule has 0 bridgehead atoms. The molecule has 3 nitrogen and oxygen atoms in total. The minimum Gasteiger partial charge on any atom is -0.496 e. The molecule has 0 aromatic heterocycles. The number of rotatable bonds is 8. The maximum atomic E-state index is 12.3. The van der Waals surface area contributed by atoms with E-state index in [9.17, 15) is 18.0 Å². The second-order valence-corrected chi connectivity index (χ2v) is 9.06. The first-order chi connectivity index (χ1) is 19.6. The van der Waals surface area contributed by atoms with Crippen molar-refractivity contribution >= 4 is 16.7 Å². The Morgan fingerprint density at radius 2 is 1.35 bits per heavy atom. The molecule has 0 saturated carbocycles. The fraction of sp³-hybridized carbons (Fsp3) is 0.200. The molecule has 0 atom stereocenters. The van der Waals surface area contributed by atoms with Crippen LogP contribution in [-0.2, 0) is 6.18 Å². The minimum absolute atomic E-state index is 0. The SMILES string of the molecule is FC(F)(F)c1cc[c-]cc1.[CH2-]CC(C[CH2-])NC(=O)c1ccc2cc(OC(C[CH2-])C[CH2-])ccc2c1.[CH2-]c1ccccc1.[K+].[K+]. The number of carbonyl (C=O) groups is 1. The minimum atomic E-state index is -4.23. The van der Waals surface area contributed by atoms with Gasteiger partial charge >= 0.3 is 109 Å². The Morgan fingerprint density at radius 1 is 0.791 bits per heavy atom. The topological polar surface area (TPSA) is 38.3 Å². The van der Waals surface area contributed by atoms with E-state index in [0.29, 0.717) is 31.2 Å². The molecule has 0 fully saturated rings. The Balaban J connectivity index is 0.000000762. The molecule has 0 aliphatic rings. The molecular formula is C35H36F3K2NO2-4. The van der Waals surface area contributed by atoms with Crippen LogP contribution < -0.4 is 113 Å². The summed E-state index contributed by atoms with van der Waals surface area (Å²) >= 11 is 0. The Hall–Kier alpha value is -0.657. The van der Waals surface area contributed by atoms with E-state index in [1.807, 2.05) is 66.7 Å². The molecule has 4 rings (SSSR count). The largest absolute Gasteiger partial charge is 1.00 e. The smallest absolute Gasteiger partial charge is 0.496 e. The number of hydrogen-bond donors (Lipinski definition) is 1. The van der Waals surface area contributed by atoms with Crippen LogP contribution in [0, 0.1) is 40.7 Å². The van der Waals surface area contributed by atoms with Crippen LogP contribution in [0.2, 0.25) is 0 Å². The molecule has 4 aromatic carbocycles. The van der Waals surface area contributed by atoms with Crippen LogP contribution in [0.4, 0.5) is 13.2 Å². The van der Waals surface area contributed by atoms with Crippen LogP contribution in [0.15, 0.2) is 91.0 Å². The van der Waals surface area contributed by atoms with Gasteiger partial charge in [-0.2, -0.15) is 81.0 Å². The number of alkyl halides is 3. The van der Waals surface area contributed by atoms with Crippen LogP contribution in [-0.4, -0.2) is 18.1 Å². The number of ether oxygens (including phenoxy) is 1. The van der Waals surface area contributed by atoms with Gasteiger partial charge in [0.05, 0.1) is 0 Å². The summed E-state index contributed by atoms with van der Waals surface area (Å²) in [5.74, 6) is 0.704. The van der Waals surface area contributed by atoms with E-state index in [-0.39, 0.29) is 121 Å². The van der Waals surface area contributed by atoms with Gasteiger partial charge < -0.3 is 37.7 Å². The first kappa shape index (κ1) is 42.3. The van der Waals surface area contributed by atoms with Crippen molar-refractivity contribution < 1.29 is 125 Å². The maximum absolute atomic E-state index is 12.3. The summed E-state index contributed by atoms with van der Waals surface area (Å²) in [4.78, 5) is 12.3. The second kappa shape index (κ2) is 22.8. The normalized spacial score (nSPS) is 10.3. The third-order valence-electron chi connectivity index (χ3n) is 5.94. The van der Waals surface area contributed by atoms with Gasteiger partial charge in [-0.1, -0.05) is 23.8 Å². The van der Waals surface area contributed by atoms with Crippen molar-refractivity contribution in [1.82, 2.24) is 5.32 Å². The molecule has 0 saturated heterocycles. The summed E-state index contributed by atoms with van der Waals surface area (Å²) < 4.78 is 41.2. The van der Waals surface area contributed by atoms with Gasteiger partial charge in [0.2, 0.25) is 0 Å². The number of hydrogen-bond acceptors (Lipinski definition) is 2. The fourth-order valence-electron chi connectivity index (χ4n) is 3.50. The van der Waals surface area contributed by atoms with Gasteiger partial charge in [-0.15, -0.1) is 25.0 Å². The second-order valence-electron chi connectivity index (χ2n) is 9.06. The summed E-state index contributed by atoms with van der Waals surface area (Å²) in [6, 6.07) is 28.3. The molecule has 0 aliphatic heterocycles. The molecule has 0 spiro atoms. The summed E-state index contributed by atoms with van der Waals surface area (Å²) in [7, 11) is 0. The number of benzene rings is 4. The van der Waals surface area contributed by atoms with Crippen LogP contribution in [0.3, 0.4) is 0 Å². The van der Waals surface area contributed by atoms with Gasteiger partial charge in [0, 0.05) is 11.7 Å². The van der Waals surface area contributed by atoms with E-state index < -0.39 is 11.7 Å². The van der Waals surface area contributed by atoms with Gasteiger partial charge in [0.1, 0.15) is 5.75 Å². The van der Waals surface area contributed by atoms with E-state index in [4.69, 9.17) is 4.74 Å². The number of nitrogens with one attached hydrogen (secondary N) is 1. The average Bonchev–Trinajstić information content (AvgIpc) is 2.99. The van der Waals surface area contributed by atoms with Gasteiger partial charge in [0.25, 0.3) is 5.91 Å². The molecule has 220 valence electrons. The predicted octanol–water partition coefficient (Wildman–Crippen LogP) is 2.96. The number of halogens is 3. The Kier molecular flexibility index (Phi) is 22.4. The van der Waals surface area contributed by atoms with Crippen LogP contribution in [0.5, 0.6) is 5.75 Å². The van der Waals surface area contributed by atoms with Gasteiger partial charge in [0.15, 0.2) is 0 Å². The first-order valence-corrected chi connectivity index (χ1v) is 13.2. The van der Waals surface area contributed by atoms with Crippen molar-refractivity contribution in [2.24, 2.45) is 0 Å². The molecule has 1 N–H and O–H groups in total. The zero-order chi connectivity index (χ0) is 30.3. The predicted molar refractivity (Wildman–Crippen MR) is 161 cm³/mol. The summed E-state index contributed by atoms with van der Waals surface area (Å²) in [5, 5.41) is 4.97. The summed E-state index contributed by atoms with van der Waals surface area (Å²) in [6.07, 6.45) is -1.59. The van der Waals surface area contributed by atoms with Crippen molar-refractivity contribution in [3.63, 3.8) is 0 Å². The van der Waals surface area contributed by atoms with E-state index in [1.165, 1.54) is 12.1 Å². The average molecular weight is 638 g/mol. The molecule has 0 unspecified atom stereocenters. The quantitative estimate of drug-likeness (QED) is 0.239. The molecule has 4 aromatic rings. The molecule has 0 aliphatic carbocycles. The molecule has 0 heterocycles. The molecular weight excluding hydrogens is 602 g/mol. The Labute approximate surface area is 340 Å². The number of carbonyl (C=O) groups excluding carboxylic acids is 1. The van der Waals surface area contributed by atoms with Crippen LogP contribution in [0.25, 0.3) is 10.8 Å². The Morgan fingerprint density at radius 3 is 1.81 bits per heavy atom. The van der Waals surface area contributed by atoms with E-state index in [1.54, 1.807) is 0 Å². The number of amides is 1. The van der Waals surface area contributed by atoms with Gasteiger partial charge in [-0.05, 0) is 41.1 Å². The molecule has 43 heavy (non-hydrogen) atoms. The molecule has 8 heteroatoms. The zero-order valence-corrected chi connectivity index (χ0v) is 31.4. The zero-order valence-electron chi connectivity index (χ0n) is 25.1. The van der Waals surface area contributed by atoms with E-state index in [0.717, 1.165) is 34.2 Å². The van der Waals surface area contributed by atoms with Crippen molar-refractivity contribution in [1.29, 1.82) is 0 Å². The first-order valence-electron chi connectivity index (χ1n) is 13.2. The van der Waals surface area contributed by atoms with Crippen LogP contribution >= 0.6 is 0 Å². The van der Waals surface area contributed by atoms with E-state index in [2.05, 4.69) is 46.0 Å². The van der Waals surface area contributed by atoms with Crippen molar-refractivity contribution in [2.45, 2.75) is 44.0 Å². The maximum Gasteiger partial charge on any atom is 1.00 e. The molecule has 0 radical (unpaired) electrons. The van der Waals surface area contributed by atoms with Gasteiger partial charge in [-0.3, -0.25) is 4.79 Å². The van der Waals surface area contributed by atoms with Crippen molar-refractivity contribution in [3.8, 4) is 5.75 Å². The summed E-state index contributed by atoms with van der Waals surface area (Å²) in [5.41, 5.74) is 1.07. The fourth-order valence-corrected chi connectivity index (χ4v) is 3.50. The third-order valence-corrected chi connectivity index (χ3v) is 5.94. The summed E-state index contributed by atoms with van der Waals surface area (Å²) in [6.45, 7) is 19.1. The standard InChI is InChI=1S/C21H25NO2.C7H4F3.C7H7.2K/c1-5-18(6-2)22-21(23)17-10-9-16-14-20(12-11-15(16)13-17)24-19(7-3)8-4;8-7(9,10)6-4-2-1-3-5-6;1-7-5-3-2-4-6-7;;/h9-14,18-19H,1-8H2,(H,22,23);2-5H;2-6H,1H2;;/q-4;2*-1;2*+1. The van der Waals surface area contributed by atoms with Crippen LogP contribution in [0.1, 0.15) is 47.2 Å². The van der Waals surface area contributed by atoms with E-state index >= 15 is 0 Å². The van der Waals surface area contributed by atoms with Crippen molar-refractivity contribution in [3.05, 3.63) is 148 Å². The Bertz CT molecular complexity index is 1310.